The Hall–Kier alpha value is -0.830. The molecule has 3 nitrogen and oxygen atoms in total. The van der Waals surface area contributed by atoms with E-state index in [2.05, 4.69) is 17.3 Å². The van der Waals surface area contributed by atoms with Crippen molar-refractivity contribution in [3.63, 3.8) is 0 Å². The highest BCUT2D eigenvalue weighted by Gasteiger charge is 2.24. The van der Waals surface area contributed by atoms with Crippen molar-refractivity contribution in [3.8, 4) is 0 Å². The van der Waals surface area contributed by atoms with Gasteiger partial charge in [0, 0.05) is 25.7 Å². The molecule has 1 N–H and O–H groups in total. The Kier molecular flexibility index (Phi) is 3.29. The van der Waals surface area contributed by atoms with E-state index >= 15 is 0 Å². The Labute approximate surface area is 73.4 Å². The van der Waals surface area contributed by atoms with Crippen LogP contribution in [0.25, 0.3) is 0 Å². The van der Waals surface area contributed by atoms with Crippen LogP contribution < -0.4 is 5.32 Å². The van der Waals surface area contributed by atoms with Crippen LogP contribution in [-0.4, -0.2) is 37.5 Å². The SMILES string of the molecule is CNC(=O)/C=C/CN(C)C1CC1. The molecule has 0 atom stereocenters. The van der Waals surface area contributed by atoms with Gasteiger partial charge in [-0.05, 0) is 19.9 Å². The molecule has 0 saturated heterocycles. The molecule has 0 heterocycles. The van der Waals surface area contributed by atoms with Gasteiger partial charge in [0.15, 0.2) is 0 Å². The summed E-state index contributed by atoms with van der Waals surface area (Å²) in [7, 11) is 3.73. The lowest BCUT2D eigenvalue weighted by molar-refractivity contribution is -0.116. The second-order valence-electron chi connectivity index (χ2n) is 3.19. The summed E-state index contributed by atoms with van der Waals surface area (Å²) < 4.78 is 0. The van der Waals surface area contributed by atoms with Gasteiger partial charge in [0.2, 0.25) is 5.91 Å². The average molecular weight is 168 g/mol. The number of hydrogen-bond acceptors (Lipinski definition) is 2. The van der Waals surface area contributed by atoms with Gasteiger partial charge in [0.1, 0.15) is 0 Å². The number of rotatable bonds is 4. The molecule has 1 aliphatic rings. The van der Waals surface area contributed by atoms with E-state index in [9.17, 15) is 4.79 Å². The van der Waals surface area contributed by atoms with Gasteiger partial charge in [-0.25, -0.2) is 0 Å². The van der Waals surface area contributed by atoms with Crippen LogP contribution in [0, 0.1) is 0 Å². The number of hydrogen-bond donors (Lipinski definition) is 1. The van der Waals surface area contributed by atoms with Crippen molar-refractivity contribution in [2.75, 3.05) is 20.6 Å². The molecule has 0 aromatic carbocycles. The summed E-state index contributed by atoms with van der Waals surface area (Å²) in [5.41, 5.74) is 0. The van der Waals surface area contributed by atoms with Gasteiger partial charge >= 0.3 is 0 Å². The maximum atomic E-state index is 10.8. The third-order valence-corrected chi connectivity index (χ3v) is 2.08. The van der Waals surface area contributed by atoms with Gasteiger partial charge in [-0.15, -0.1) is 0 Å². The van der Waals surface area contributed by atoms with E-state index in [0.29, 0.717) is 0 Å². The Morgan fingerprint density at radius 1 is 1.67 bits per heavy atom. The molecule has 0 unspecified atom stereocenters. The van der Waals surface area contributed by atoms with Crippen molar-refractivity contribution in [3.05, 3.63) is 12.2 Å². The van der Waals surface area contributed by atoms with Crippen molar-refractivity contribution in [1.29, 1.82) is 0 Å². The Balaban J connectivity index is 2.14. The summed E-state index contributed by atoms with van der Waals surface area (Å²) in [6.07, 6.45) is 6.10. The van der Waals surface area contributed by atoms with Crippen LogP contribution >= 0.6 is 0 Å². The fourth-order valence-electron chi connectivity index (χ4n) is 1.07. The molecule has 0 spiro atoms. The number of carbonyl (C=O) groups is 1. The van der Waals surface area contributed by atoms with E-state index in [1.807, 2.05) is 6.08 Å². The highest BCUT2D eigenvalue weighted by atomic mass is 16.1. The third kappa shape index (κ3) is 3.05. The van der Waals surface area contributed by atoms with Gasteiger partial charge in [0.05, 0.1) is 0 Å². The summed E-state index contributed by atoms with van der Waals surface area (Å²) in [6, 6.07) is 0.763. The molecule has 1 rings (SSSR count). The fourth-order valence-corrected chi connectivity index (χ4v) is 1.07. The molecule has 0 bridgehead atoms. The smallest absolute Gasteiger partial charge is 0.243 e. The highest BCUT2D eigenvalue weighted by Crippen LogP contribution is 2.24. The summed E-state index contributed by atoms with van der Waals surface area (Å²) in [6.45, 7) is 0.873. The lowest BCUT2D eigenvalue weighted by atomic mass is 10.4. The van der Waals surface area contributed by atoms with Crippen LogP contribution in [0.3, 0.4) is 0 Å². The molecule has 1 amide bonds. The van der Waals surface area contributed by atoms with E-state index in [1.54, 1.807) is 13.1 Å². The number of likely N-dealkylation sites (N-methyl/N-ethyl adjacent to an activating group) is 2. The first-order chi connectivity index (χ1) is 5.74. The molecule has 1 saturated carbocycles. The standard InChI is InChI=1S/C9H16N2O/c1-10-9(12)4-3-7-11(2)8-5-6-8/h3-4,8H,5-7H2,1-2H3,(H,10,12)/b4-3+. The van der Waals surface area contributed by atoms with Crippen molar-refractivity contribution in [2.45, 2.75) is 18.9 Å². The minimum absolute atomic E-state index is 0.0285. The Bertz CT molecular complexity index is 185. The molecule has 68 valence electrons. The van der Waals surface area contributed by atoms with Crippen LogP contribution in [0.1, 0.15) is 12.8 Å². The maximum absolute atomic E-state index is 10.8. The first kappa shape index (κ1) is 9.26. The van der Waals surface area contributed by atoms with E-state index in [-0.39, 0.29) is 5.91 Å². The first-order valence-corrected chi connectivity index (χ1v) is 4.32. The van der Waals surface area contributed by atoms with Crippen molar-refractivity contribution >= 4 is 5.91 Å². The van der Waals surface area contributed by atoms with Crippen LogP contribution in [0.4, 0.5) is 0 Å². The van der Waals surface area contributed by atoms with Gasteiger partial charge in [-0.3, -0.25) is 9.69 Å². The molecule has 3 heteroatoms. The molecular weight excluding hydrogens is 152 g/mol. The second kappa shape index (κ2) is 4.26. The molecule has 0 aromatic heterocycles. The zero-order valence-corrected chi connectivity index (χ0v) is 7.71. The molecule has 1 fully saturated rings. The molecule has 12 heavy (non-hydrogen) atoms. The van der Waals surface area contributed by atoms with E-state index in [4.69, 9.17) is 0 Å². The van der Waals surface area contributed by atoms with Gasteiger partial charge < -0.3 is 5.32 Å². The minimum atomic E-state index is -0.0285. The Morgan fingerprint density at radius 2 is 2.33 bits per heavy atom. The van der Waals surface area contributed by atoms with Crippen LogP contribution in [0.15, 0.2) is 12.2 Å². The predicted octanol–water partition coefficient (Wildman–Crippen LogP) is 0.383. The quantitative estimate of drug-likeness (QED) is 0.616. The third-order valence-electron chi connectivity index (χ3n) is 2.08. The van der Waals surface area contributed by atoms with Gasteiger partial charge in [-0.1, -0.05) is 6.08 Å². The zero-order valence-electron chi connectivity index (χ0n) is 7.71. The topological polar surface area (TPSA) is 32.3 Å². The summed E-state index contributed by atoms with van der Waals surface area (Å²) in [5.74, 6) is -0.0285. The summed E-state index contributed by atoms with van der Waals surface area (Å²) in [5, 5.41) is 2.54. The van der Waals surface area contributed by atoms with E-state index < -0.39 is 0 Å². The average Bonchev–Trinajstić information content (AvgIpc) is 2.86. The van der Waals surface area contributed by atoms with E-state index in [0.717, 1.165) is 12.6 Å². The number of amides is 1. The van der Waals surface area contributed by atoms with Crippen molar-refractivity contribution in [2.24, 2.45) is 0 Å². The fraction of sp³-hybridized carbons (Fsp3) is 0.667. The normalized spacial score (nSPS) is 17.2. The number of nitrogens with one attached hydrogen (secondary N) is 1. The Morgan fingerprint density at radius 3 is 2.83 bits per heavy atom. The molecule has 0 aromatic rings. The number of nitrogens with zero attached hydrogens (tertiary/aromatic N) is 1. The van der Waals surface area contributed by atoms with Crippen LogP contribution in [0.5, 0.6) is 0 Å². The lowest BCUT2D eigenvalue weighted by Gasteiger charge is -2.11. The lowest BCUT2D eigenvalue weighted by Crippen LogP contribution is -2.21. The molecule has 0 aliphatic heterocycles. The maximum Gasteiger partial charge on any atom is 0.243 e. The monoisotopic (exact) mass is 168 g/mol. The molecule has 1 aliphatic carbocycles. The second-order valence-corrected chi connectivity index (χ2v) is 3.19. The number of carbonyl (C=O) groups excluding carboxylic acids is 1. The largest absolute Gasteiger partial charge is 0.356 e. The molecular formula is C9H16N2O. The predicted molar refractivity (Wildman–Crippen MR) is 48.9 cm³/mol. The summed E-state index contributed by atoms with van der Waals surface area (Å²) in [4.78, 5) is 13.0. The van der Waals surface area contributed by atoms with E-state index in [1.165, 1.54) is 12.8 Å². The summed E-state index contributed by atoms with van der Waals surface area (Å²) >= 11 is 0. The van der Waals surface area contributed by atoms with Crippen molar-refractivity contribution < 1.29 is 4.79 Å². The van der Waals surface area contributed by atoms with Crippen LogP contribution in [0.2, 0.25) is 0 Å². The van der Waals surface area contributed by atoms with Gasteiger partial charge in [-0.2, -0.15) is 0 Å². The van der Waals surface area contributed by atoms with Crippen molar-refractivity contribution in [1.82, 2.24) is 10.2 Å². The highest BCUT2D eigenvalue weighted by molar-refractivity contribution is 5.87. The first-order valence-electron chi connectivity index (χ1n) is 4.32. The van der Waals surface area contributed by atoms with Crippen LogP contribution in [-0.2, 0) is 4.79 Å². The van der Waals surface area contributed by atoms with Gasteiger partial charge in [0.25, 0.3) is 0 Å². The molecule has 0 radical (unpaired) electrons. The minimum Gasteiger partial charge on any atom is -0.356 e. The zero-order chi connectivity index (χ0) is 8.97.